The number of aromatic nitrogens is 1. The summed E-state index contributed by atoms with van der Waals surface area (Å²) < 4.78 is 14.6. The van der Waals surface area contributed by atoms with Gasteiger partial charge in [-0.15, -0.1) is 11.3 Å². The second-order valence-corrected chi connectivity index (χ2v) is 5.67. The van der Waals surface area contributed by atoms with E-state index in [-0.39, 0.29) is 18.3 Å². The molecule has 0 aliphatic carbocycles. The third kappa shape index (κ3) is 2.78. The highest BCUT2D eigenvalue weighted by Gasteiger charge is 2.14. The average Bonchev–Trinajstić information content (AvgIpc) is 2.96. The van der Waals surface area contributed by atoms with Crippen LogP contribution in [0.1, 0.15) is 15.9 Å². The van der Waals surface area contributed by atoms with E-state index in [9.17, 15) is 9.18 Å². The molecule has 0 radical (unpaired) electrons. The van der Waals surface area contributed by atoms with E-state index >= 15 is 0 Å². The van der Waals surface area contributed by atoms with Gasteiger partial charge >= 0.3 is 0 Å². The molecule has 0 bridgehead atoms. The van der Waals surface area contributed by atoms with Crippen molar-refractivity contribution in [3.8, 4) is 0 Å². The molecule has 0 saturated heterocycles. The molecule has 0 aliphatic heterocycles. The van der Waals surface area contributed by atoms with Crippen molar-refractivity contribution < 1.29 is 9.18 Å². The molecule has 1 amide bonds. The van der Waals surface area contributed by atoms with Gasteiger partial charge in [0.25, 0.3) is 5.91 Å². The van der Waals surface area contributed by atoms with Crippen molar-refractivity contribution in [2.45, 2.75) is 6.54 Å². The number of thiazole rings is 1. The van der Waals surface area contributed by atoms with Crippen LogP contribution in [-0.2, 0) is 6.54 Å². The summed E-state index contributed by atoms with van der Waals surface area (Å²) in [5, 5.41) is 0. The summed E-state index contributed by atoms with van der Waals surface area (Å²) in [6.07, 6.45) is 0. The zero-order chi connectivity index (χ0) is 14.8. The molecule has 0 aliphatic rings. The first-order chi connectivity index (χ1) is 10.1. The highest BCUT2D eigenvalue weighted by atomic mass is 32.1. The lowest BCUT2D eigenvalue weighted by molar-refractivity contribution is 0.0784. The Balaban J connectivity index is 1.82. The van der Waals surface area contributed by atoms with Crippen molar-refractivity contribution in [2.75, 3.05) is 7.05 Å². The van der Waals surface area contributed by atoms with Crippen LogP contribution in [0.3, 0.4) is 0 Å². The average molecular weight is 300 g/mol. The number of hydrogen-bond donors (Lipinski definition) is 0. The van der Waals surface area contributed by atoms with Crippen molar-refractivity contribution in [2.24, 2.45) is 0 Å². The highest BCUT2D eigenvalue weighted by molar-refractivity contribution is 7.16. The topological polar surface area (TPSA) is 33.2 Å². The number of amides is 1. The van der Waals surface area contributed by atoms with Gasteiger partial charge in [-0.2, -0.15) is 0 Å². The summed E-state index contributed by atoms with van der Waals surface area (Å²) in [6.45, 7) is 0.242. The molecule has 1 aromatic heterocycles. The van der Waals surface area contributed by atoms with E-state index in [2.05, 4.69) is 4.98 Å². The van der Waals surface area contributed by atoms with Crippen LogP contribution in [-0.4, -0.2) is 22.8 Å². The number of benzene rings is 2. The fraction of sp³-hybridized carbons (Fsp3) is 0.125. The number of carbonyl (C=O) groups is 1. The summed E-state index contributed by atoms with van der Waals surface area (Å²) in [6, 6.07) is 11.9. The number of carbonyl (C=O) groups excluding carboxylic acids is 1. The van der Waals surface area contributed by atoms with Gasteiger partial charge in [0.05, 0.1) is 15.7 Å². The van der Waals surface area contributed by atoms with Crippen molar-refractivity contribution in [1.29, 1.82) is 0 Å². The van der Waals surface area contributed by atoms with Gasteiger partial charge in [0, 0.05) is 24.7 Å². The largest absolute Gasteiger partial charge is 0.337 e. The minimum absolute atomic E-state index is 0.131. The van der Waals surface area contributed by atoms with Gasteiger partial charge in [0.1, 0.15) is 5.82 Å². The molecule has 0 atom stereocenters. The number of nitrogens with zero attached hydrogens (tertiary/aromatic N) is 2. The van der Waals surface area contributed by atoms with Crippen molar-refractivity contribution >= 4 is 27.5 Å². The quantitative estimate of drug-likeness (QED) is 0.739. The predicted octanol–water partition coefficient (Wildman–Crippen LogP) is 3.71. The van der Waals surface area contributed by atoms with Crippen LogP contribution in [0.2, 0.25) is 0 Å². The van der Waals surface area contributed by atoms with E-state index in [1.165, 1.54) is 22.3 Å². The first kappa shape index (κ1) is 13.7. The Bertz CT molecular complexity index is 800. The number of halogens is 1. The van der Waals surface area contributed by atoms with Crippen molar-refractivity contribution in [3.63, 3.8) is 0 Å². The van der Waals surface area contributed by atoms with E-state index in [1.807, 2.05) is 12.1 Å². The maximum absolute atomic E-state index is 13.6. The van der Waals surface area contributed by atoms with E-state index in [4.69, 9.17) is 0 Å². The Labute approximate surface area is 125 Å². The molecule has 0 fully saturated rings. The molecule has 106 valence electrons. The first-order valence-electron chi connectivity index (χ1n) is 6.47. The summed E-state index contributed by atoms with van der Waals surface area (Å²) in [4.78, 5) is 18.1. The smallest absolute Gasteiger partial charge is 0.253 e. The Kier molecular flexibility index (Phi) is 3.66. The Morgan fingerprint density at radius 1 is 1.29 bits per heavy atom. The minimum atomic E-state index is -0.296. The molecule has 3 aromatic rings. The number of hydrogen-bond acceptors (Lipinski definition) is 3. The molecular formula is C16H13FN2OS. The van der Waals surface area contributed by atoms with Crippen LogP contribution in [0.25, 0.3) is 10.2 Å². The van der Waals surface area contributed by atoms with Crippen LogP contribution in [0.15, 0.2) is 48.0 Å². The van der Waals surface area contributed by atoms with Gasteiger partial charge in [-0.1, -0.05) is 18.2 Å². The molecule has 1 heterocycles. The van der Waals surface area contributed by atoms with Gasteiger partial charge in [-0.05, 0) is 24.3 Å². The lowest BCUT2D eigenvalue weighted by Gasteiger charge is -2.17. The van der Waals surface area contributed by atoms with Crippen LogP contribution < -0.4 is 0 Å². The van der Waals surface area contributed by atoms with Gasteiger partial charge in [0.2, 0.25) is 0 Å². The predicted molar refractivity (Wildman–Crippen MR) is 81.8 cm³/mol. The lowest BCUT2D eigenvalue weighted by atomic mass is 10.1. The van der Waals surface area contributed by atoms with Gasteiger partial charge in [0.15, 0.2) is 0 Å². The monoisotopic (exact) mass is 300 g/mol. The molecule has 0 spiro atoms. The fourth-order valence-electron chi connectivity index (χ4n) is 2.16. The molecule has 5 heteroatoms. The van der Waals surface area contributed by atoms with E-state index in [1.54, 1.807) is 36.8 Å². The normalized spacial score (nSPS) is 10.8. The van der Waals surface area contributed by atoms with Crippen molar-refractivity contribution in [3.05, 3.63) is 64.9 Å². The van der Waals surface area contributed by atoms with Crippen LogP contribution in [0, 0.1) is 5.82 Å². The van der Waals surface area contributed by atoms with E-state index < -0.39 is 0 Å². The second-order valence-electron chi connectivity index (χ2n) is 4.79. The van der Waals surface area contributed by atoms with E-state index in [0.717, 1.165) is 10.2 Å². The molecule has 0 N–H and O–H groups in total. The number of rotatable bonds is 3. The summed E-state index contributed by atoms with van der Waals surface area (Å²) in [5.41, 5.74) is 3.73. The third-order valence-corrected chi connectivity index (χ3v) is 4.08. The summed E-state index contributed by atoms with van der Waals surface area (Å²) >= 11 is 1.50. The van der Waals surface area contributed by atoms with Crippen LogP contribution >= 0.6 is 11.3 Å². The third-order valence-electron chi connectivity index (χ3n) is 3.29. The van der Waals surface area contributed by atoms with Crippen molar-refractivity contribution in [1.82, 2.24) is 9.88 Å². The molecule has 0 saturated carbocycles. The molecule has 2 aromatic carbocycles. The maximum Gasteiger partial charge on any atom is 0.253 e. The zero-order valence-corrected chi connectivity index (χ0v) is 12.2. The van der Waals surface area contributed by atoms with Gasteiger partial charge < -0.3 is 4.90 Å². The second kappa shape index (κ2) is 5.61. The molecule has 21 heavy (non-hydrogen) atoms. The SMILES string of the molecule is CN(Cc1ccccc1F)C(=O)c1ccc2ncsc2c1. The fourth-order valence-corrected chi connectivity index (χ4v) is 2.88. The first-order valence-corrected chi connectivity index (χ1v) is 7.35. The maximum atomic E-state index is 13.6. The standard InChI is InChI=1S/C16H13FN2OS/c1-19(9-12-4-2-3-5-13(12)17)16(20)11-6-7-14-15(8-11)21-10-18-14/h2-8,10H,9H2,1H3. The van der Waals surface area contributed by atoms with Gasteiger partial charge in [-0.3, -0.25) is 4.79 Å². The van der Waals surface area contributed by atoms with Crippen LogP contribution in [0.5, 0.6) is 0 Å². The summed E-state index contributed by atoms with van der Waals surface area (Å²) in [5.74, 6) is -0.427. The Hall–Kier alpha value is -2.27. The lowest BCUT2D eigenvalue weighted by Crippen LogP contribution is -2.26. The van der Waals surface area contributed by atoms with Gasteiger partial charge in [-0.25, -0.2) is 9.37 Å². The zero-order valence-electron chi connectivity index (χ0n) is 11.4. The minimum Gasteiger partial charge on any atom is -0.337 e. The highest BCUT2D eigenvalue weighted by Crippen LogP contribution is 2.20. The Morgan fingerprint density at radius 3 is 2.90 bits per heavy atom. The Morgan fingerprint density at radius 2 is 2.10 bits per heavy atom. The van der Waals surface area contributed by atoms with E-state index in [0.29, 0.717) is 11.1 Å². The molecule has 3 rings (SSSR count). The molecule has 0 unspecified atom stereocenters. The molecular weight excluding hydrogens is 287 g/mol. The van der Waals surface area contributed by atoms with Crippen LogP contribution in [0.4, 0.5) is 4.39 Å². The molecule has 3 nitrogen and oxygen atoms in total. The number of fused-ring (bicyclic) bond motifs is 1. The summed E-state index contributed by atoms with van der Waals surface area (Å²) in [7, 11) is 1.67.